The van der Waals surface area contributed by atoms with E-state index in [-0.39, 0.29) is 24.0 Å². The van der Waals surface area contributed by atoms with Crippen molar-refractivity contribution >= 4 is 17.2 Å². The van der Waals surface area contributed by atoms with Gasteiger partial charge in [0.25, 0.3) is 5.91 Å². The number of methoxy groups -OCH3 is 1. The summed E-state index contributed by atoms with van der Waals surface area (Å²) in [6, 6.07) is 4.72. The third-order valence-corrected chi connectivity index (χ3v) is 5.00. The molecule has 27 heavy (non-hydrogen) atoms. The highest BCUT2D eigenvalue weighted by molar-refractivity contribution is 7.13. The third-order valence-electron chi connectivity index (χ3n) is 3.83. The monoisotopic (exact) mass is 398 g/mol. The largest absolute Gasteiger partial charge is 0.493 e. The molecule has 0 N–H and O–H groups in total. The van der Waals surface area contributed by atoms with Crippen molar-refractivity contribution in [3.8, 4) is 11.5 Å². The minimum Gasteiger partial charge on any atom is -0.493 e. The highest BCUT2D eigenvalue weighted by atomic mass is 32.1. The van der Waals surface area contributed by atoms with Gasteiger partial charge in [0.15, 0.2) is 11.5 Å². The second-order valence-electron chi connectivity index (χ2n) is 6.65. The summed E-state index contributed by atoms with van der Waals surface area (Å²) in [4.78, 5) is 19.4. The lowest BCUT2D eigenvalue weighted by molar-refractivity contribution is -0.0512. The Hall–Kier alpha value is -2.22. The topological polar surface area (TPSA) is 51.7 Å². The lowest BCUT2D eigenvalue weighted by Gasteiger charge is -2.18. The van der Waals surface area contributed by atoms with Gasteiger partial charge in [0, 0.05) is 20.0 Å². The number of rotatable bonds is 8. The van der Waals surface area contributed by atoms with E-state index in [1.54, 1.807) is 19.2 Å². The van der Waals surface area contributed by atoms with Crippen molar-refractivity contribution in [1.29, 1.82) is 0 Å². The molecule has 1 amide bonds. The van der Waals surface area contributed by atoms with Crippen LogP contribution in [0.3, 0.4) is 0 Å². The van der Waals surface area contributed by atoms with Crippen LogP contribution in [0.25, 0.3) is 0 Å². The average Bonchev–Trinajstić information content (AvgIpc) is 2.93. The van der Waals surface area contributed by atoms with Gasteiger partial charge in [0.05, 0.1) is 17.8 Å². The van der Waals surface area contributed by atoms with E-state index in [0.717, 1.165) is 11.4 Å². The first kappa shape index (κ1) is 21.1. The number of aromatic nitrogens is 1. The fourth-order valence-corrected chi connectivity index (χ4v) is 3.89. The predicted molar refractivity (Wildman–Crippen MR) is 101 cm³/mol. The summed E-state index contributed by atoms with van der Waals surface area (Å²) in [5, 5.41) is 0.941. The number of ether oxygens (including phenoxy) is 2. The zero-order chi connectivity index (χ0) is 20.1. The zero-order valence-corrected chi connectivity index (χ0v) is 16.9. The minimum atomic E-state index is -2.95. The van der Waals surface area contributed by atoms with Gasteiger partial charge in [-0.05, 0) is 30.5 Å². The number of amides is 1. The molecule has 0 atom stereocenters. The maximum atomic E-state index is 12.8. The van der Waals surface area contributed by atoms with Crippen LogP contribution in [0.4, 0.5) is 8.78 Å². The Balaban J connectivity index is 2.15. The summed E-state index contributed by atoms with van der Waals surface area (Å²) < 4.78 is 34.7. The summed E-state index contributed by atoms with van der Waals surface area (Å²) in [5.41, 5.74) is 1.37. The number of hydrogen-bond donors (Lipinski definition) is 0. The molecule has 0 radical (unpaired) electrons. The Morgan fingerprint density at radius 3 is 2.59 bits per heavy atom. The second kappa shape index (κ2) is 9.12. The Morgan fingerprint density at radius 2 is 2.00 bits per heavy atom. The van der Waals surface area contributed by atoms with Crippen LogP contribution in [0.5, 0.6) is 11.5 Å². The molecular formula is C19H24F2N2O3S. The molecule has 1 heterocycles. The van der Waals surface area contributed by atoms with Gasteiger partial charge in [0.1, 0.15) is 4.88 Å². The molecule has 0 saturated carbocycles. The molecule has 0 aliphatic heterocycles. The lowest BCUT2D eigenvalue weighted by atomic mass is 10.1. The number of alkyl halides is 2. The molecule has 8 heteroatoms. The van der Waals surface area contributed by atoms with E-state index < -0.39 is 6.61 Å². The number of carbonyl (C=O) groups is 1. The molecule has 0 fully saturated rings. The number of halogens is 2. The average molecular weight is 398 g/mol. The van der Waals surface area contributed by atoms with Crippen molar-refractivity contribution in [3.63, 3.8) is 0 Å². The lowest BCUT2D eigenvalue weighted by Crippen LogP contribution is -2.26. The van der Waals surface area contributed by atoms with Crippen LogP contribution in [0.1, 0.15) is 39.8 Å². The molecule has 0 aliphatic carbocycles. The van der Waals surface area contributed by atoms with Gasteiger partial charge in [-0.15, -0.1) is 11.3 Å². The highest BCUT2D eigenvalue weighted by Crippen LogP contribution is 2.30. The highest BCUT2D eigenvalue weighted by Gasteiger charge is 2.20. The van der Waals surface area contributed by atoms with Gasteiger partial charge in [-0.2, -0.15) is 8.78 Å². The van der Waals surface area contributed by atoms with E-state index in [1.807, 2.05) is 6.92 Å². The van der Waals surface area contributed by atoms with E-state index in [9.17, 15) is 13.6 Å². The smallest absolute Gasteiger partial charge is 0.387 e. The molecule has 2 rings (SSSR count). The SMILES string of the molecule is COc1ccc(CN(C)C(=O)c2sc(CC(C)C)nc2C)cc1OC(F)F. The normalized spacial score (nSPS) is 11.1. The fraction of sp³-hybridized carbons (Fsp3) is 0.474. The van der Waals surface area contributed by atoms with Crippen LogP contribution < -0.4 is 9.47 Å². The predicted octanol–water partition coefficient (Wildman–Crippen LogP) is 4.53. The molecule has 148 valence electrons. The van der Waals surface area contributed by atoms with Crippen LogP contribution in [0.15, 0.2) is 18.2 Å². The first-order valence-electron chi connectivity index (χ1n) is 8.54. The molecule has 2 aromatic rings. The minimum absolute atomic E-state index is 0.0564. The zero-order valence-electron chi connectivity index (χ0n) is 16.1. The Morgan fingerprint density at radius 1 is 1.30 bits per heavy atom. The molecule has 0 aliphatic rings. The van der Waals surface area contributed by atoms with Gasteiger partial charge < -0.3 is 14.4 Å². The number of aryl methyl sites for hydroxylation is 1. The number of nitrogens with zero attached hydrogens (tertiary/aromatic N) is 2. The second-order valence-corrected chi connectivity index (χ2v) is 7.73. The standard InChI is InChI=1S/C19H24F2N2O3S/c1-11(2)8-16-22-12(3)17(27-16)18(24)23(4)10-13-6-7-14(25-5)15(9-13)26-19(20)21/h6-7,9,11,19H,8,10H2,1-5H3. The van der Waals surface area contributed by atoms with E-state index in [2.05, 4.69) is 23.6 Å². The number of hydrogen-bond acceptors (Lipinski definition) is 5. The number of benzene rings is 1. The molecule has 1 aromatic carbocycles. The van der Waals surface area contributed by atoms with Crippen molar-refractivity contribution in [2.75, 3.05) is 14.2 Å². The van der Waals surface area contributed by atoms with E-state index in [4.69, 9.17) is 4.74 Å². The molecule has 1 aromatic heterocycles. The Bertz CT molecular complexity index is 793. The molecular weight excluding hydrogens is 374 g/mol. The quantitative estimate of drug-likeness (QED) is 0.655. The van der Waals surface area contributed by atoms with Gasteiger partial charge in [0.2, 0.25) is 0 Å². The first-order valence-corrected chi connectivity index (χ1v) is 9.36. The van der Waals surface area contributed by atoms with Crippen LogP contribution in [0, 0.1) is 12.8 Å². The molecule has 0 spiro atoms. The van der Waals surface area contributed by atoms with Gasteiger partial charge in [-0.1, -0.05) is 19.9 Å². The summed E-state index contributed by atoms with van der Waals surface area (Å²) in [6.07, 6.45) is 0.829. The molecule has 0 bridgehead atoms. The van der Waals surface area contributed by atoms with Gasteiger partial charge >= 0.3 is 6.61 Å². The van der Waals surface area contributed by atoms with Crippen molar-refractivity contribution in [2.45, 2.75) is 40.3 Å². The summed E-state index contributed by atoms with van der Waals surface area (Å²) in [6.45, 7) is 3.33. The van der Waals surface area contributed by atoms with E-state index in [1.165, 1.54) is 29.4 Å². The van der Waals surface area contributed by atoms with Crippen molar-refractivity contribution in [3.05, 3.63) is 39.3 Å². The Labute approximate surface area is 161 Å². The molecule has 5 nitrogen and oxygen atoms in total. The van der Waals surface area contributed by atoms with E-state index >= 15 is 0 Å². The Kier molecular flexibility index (Phi) is 7.12. The summed E-state index contributed by atoms with van der Waals surface area (Å²) in [7, 11) is 3.05. The first-order chi connectivity index (χ1) is 12.7. The van der Waals surface area contributed by atoms with Crippen LogP contribution >= 0.6 is 11.3 Å². The van der Waals surface area contributed by atoms with Gasteiger partial charge in [-0.25, -0.2) is 4.98 Å². The third kappa shape index (κ3) is 5.63. The van der Waals surface area contributed by atoms with Crippen molar-refractivity contribution in [1.82, 2.24) is 9.88 Å². The molecule has 0 saturated heterocycles. The van der Waals surface area contributed by atoms with Crippen LogP contribution in [-0.2, 0) is 13.0 Å². The number of carbonyl (C=O) groups excluding carboxylic acids is 1. The maximum absolute atomic E-state index is 12.8. The summed E-state index contributed by atoms with van der Waals surface area (Å²) >= 11 is 1.41. The van der Waals surface area contributed by atoms with Gasteiger partial charge in [-0.3, -0.25) is 4.79 Å². The van der Waals surface area contributed by atoms with Crippen LogP contribution in [0.2, 0.25) is 0 Å². The van der Waals surface area contributed by atoms with Crippen molar-refractivity contribution < 1.29 is 23.0 Å². The maximum Gasteiger partial charge on any atom is 0.387 e. The van der Waals surface area contributed by atoms with E-state index in [0.29, 0.717) is 22.1 Å². The van der Waals surface area contributed by atoms with Crippen molar-refractivity contribution in [2.24, 2.45) is 5.92 Å². The molecule has 0 unspecified atom stereocenters. The summed E-state index contributed by atoms with van der Waals surface area (Å²) in [5.74, 6) is 0.472. The number of thiazole rings is 1. The fourth-order valence-electron chi connectivity index (χ4n) is 2.61. The van der Waals surface area contributed by atoms with Crippen LogP contribution in [-0.4, -0.2) is 36.6 Å².